The molecule has 5 heteroatoms. The summed E-state index contributed by atoms with van der Waals surface area (Å²) in [6.45, 7) is 5.49. The van der Waals surface area contributed by atoms with Gasteiger partial charge in [0, 0.05) is 25.8 Å². The van der Waals surface area contributed by atoms with Crippen LogP contribution in [0.5, 0.6) is 5.75 Å². The molecule has 0 saturated heterocycles. The first-order valence-corrected chi connectivity index (χ1v) is 7.65. The van der Waals surface area contributed by atoms with Crippen molar-refractivity contribution in [3.05, 3.63) is 47.2 Å². The van der Waals surface area contributed by atoms with E-state index < -0.39 is 0 Å². The maximum absolute atomic E-state index is 6.04. The number of aryl methyl sites for hydroxylation is 1. The molecule has 1 aromatic carbocycles. The Hall–Kier alpha value is -1.52. The third-order valence-corrected chi connectivity index (χ3v) is 3.54. The van der Waals surface area contributed by atoms with Crippen LogP contribution in [-0.2, 0) is 13.1 Å². The minimum atomic E-state index is 0.663. The largest absolute Gasteiger partial charge is 0.492 e. The van der Waals surface area contributed by atoms with Crippen LogP contribution in [0.3, 0.4) is 0 Å². The van der Waals surface area contributed by atoms with Crippen LogP contribution in [0.15, 0.2) is 36.5 Å². The van der Waals surface area contributed by atoms with Gasteiger partial charge in [-0.2, -0.15) is 5.10 Å². The molecule has 0 spiro atoms. The second kappa shape index (κ2) is 8.05. The Kier molecular flexibility index (Phi) is 6.08. The van der Waals surface area contributed by atoms with E-state index in [1.54, 1.807) is 0 Å². The van der Waals surface area contributed by atoms with E-state index in [2.05, 4.69) is 30.0 Å². The molecule has 2 aromatic rings. The third kappa shape index (κ3) is 5.06. The van der Waals surface area contributed by atoms with Gasteiger partial charge >= 0.3 is 0 Å². The summed E-state index contributed by atoms with van der Waals surface area (Å²) < 4.78 is 7.63. The third-order valence-electron chi connectivity index (χ3n) is 3.23. The van der Waals surface area contributed by atoms with Crippen molar-refractivity contribution in [2.24, 2.45) is 0 Å². The monoisotopic (exact) mass is 307 g/mol. The van der Waals surface area contributed by atoms with Crippen molar-refractivity contribution in [3.8, 4) is 5.75 Å². The molecule has 0 N–H and O–H groups in total. The Morgan fingerprint density at radius 2 is 2.10 bits per heavy atom. The smallest absolute Gasteiger partial charge is 0.137 e. The molecule has 0 aliphatic carbocycles. The molecule has 114 valence electrons. The highest BCUT2D eigenvalue weighted by molar-refractivity contribution is 6.32. The summed E-state index contributed by atoms with van der Waals surface area (Å²) in [5, 5.41) is 5.15. The summed E-state index contributed by atoms with van der Waals surface area (Å²) in [7, 11) is 2.10. The van der Waals surface area contributed by atoms with Crippen molar-refractivity contribution >= 4 is 11.6 Å². The SMILES string of the molecule is CCn1ccc(CN(C)CCCOc2ccccc2Cl)n1. The zero-order valence-electron chi connectivity index (χ0n) is 12.6. The van der Waals surface area contributed by atoms with E-state index in [1.807, 2.05) is 35.1 Å². The van der Waals surface area contributed by atoms with Crippen LogP contribution in [0.4, 0.5) is 0 Å². The fraction of sp³-hybridized carbons (Fsp3) is 0.438. The zero-order valence-corrected chi connectivity index (χ0v) is 13.4. The Labute approximate surface area is 131 Å². The van der Waals surface area contributed by atoms with Gasteiger partial charge in [0.25, 0.3) is 0 Å². The highest BCUT2D eigenvalue weighted by Crippen LogP contribution is 2.23. The first-order chi connectivity index (χ1) is 10.2. The van der Waals surface area contributed by atoms with Crippen LogP contribution in [0.25, 0.3) is 0 Å². The average molecular weight is 308 g/mol. The van der Waals surface area contributed by atoms with E-state index in [0.29, 0.717) is 11.6 Å². The second-order valence-corrected chi connectivity index (χ2v) is 5.44. The average Bonchev–Trinajstić information content (AvgIpc) is 2.93. The molecule has 0 saturated carbocycles. The summed E-state index contributed by atoms with van der Waals surface area (Å²) >= 11 is 6.04. The predicted octanol–water partition coefficient (Wildman–Crippen LogP) is 3.46. The van der Waals surface area contributed by atoms with Gasteiger partial charge in [-0.25, -0.2) is 0 Å². The lowest BCUT2D eigenvalue weighted by atomic mass is 10.3. The van der Waals surface area contributed by atoms with Gasteiger partial charge < -0.3 is 9.64 Å². The zero-order chi connectivity index (χ0) is 15.1. The van der Waals surface area contributed by atoms with Gasteiger partial charge in [-0.1, -0.05) is 23.7 Å². The van der Waals surface area contributed by atoms with Gasteiger partial charge in [0.05, 0.1) is 17.3 Å². The fourth-order valence-electron chi connectivity index (χ4n) is 2.10. The van der Waals surface area contributed by atoms with Gasteiger partial charge in [0.15, 0.2) is 0 Å². The number of aromatic nitrogens is 2. The number of para-hydroxylation sites is 1. The summed E-state index contributed by atoms with van der Waals surface area (Å²) in [5.74, 6) is 0.753. The van der Waals surface area contributed by atoms with Crippen LogP contribution < -0.4 is 4.74 Å². The molecule has 0 amide bonds. The molecular weight excluding hydrogens is 286 g/mol. The molecule has 0 fully saturated rings. The molecule has 21 heavy (non-hydrogen) atoms. The van der Waals surface area contributed by atoms with Crippen LogP contribution in [0.2, 0.25) is 5.02 Å². The minimum absolute atomic E-state index is 0.663. The number of ether oxygens (including phenoxy) is 1. The van der Waals surface area contributed by atoms with Crippen molar-refractivity contribution < 1.29 is 4.74 Å². The molecule has 4 nitrogen and oxygen atoms in total. The Morgan fingerprint density at radius 3 is 2.81 bits per heavy atom. The first-order valence-electron chi connectivity index (χ1n) is 7.27. The molecule has 1 heterocycles. The minimum Gasteiger partial charge on any atom is -0.492 e. The van der Waals surface area contributed by atoms with Crippen molar-refractivity contribution in [2.45, 2.75) is 26.4 Å². The van der Waals surface area contributed by atoms with Crippen molar-refractivity contribution in [3.63, 3.8) is 0 Å². The van der Waals surface area contributed by atoms with Crippen LogP contribution in [0.1, 0.15) is 19.0 Å². The Balaban J connectivity index is 1.67. The van der Waals surface area contributed by atoms with Gasteiger partial charge in [0.1, 0.15) is 5.75 Å². The predicted molar refractivity (Wildman–Crippen MR) is 85.8 cm³/mol. The fourth-order valence-corrected chi connectivity index (χ4v) is 2.29. The quantitative estimate of drug-likeness (QED) is 0.700. The molecule has 0 unspecified atom stereocenters. The molecule has 1 aromatic heterocycles. The summed E-state index contributed by atoms with van der Waals surface area (Å²) in [6, 6.07) is 9.63. The Bertz CT molecular complexity index is 556. The summed E-state index contributed by atoms with van der Waals surface area (Å²) in [4.78, 5) is 2.25. The lowest BCUT2D eigenvalue weighted by Gasteiger charge is -2.15. The number of benzene rings is 1. The van der Waals surface area contributed by atoms with Gasteiger partial charge in [0.2, 0.25) is 0 Å². The second-order valence-electron chi connectivity index (χ2n) is 5.03. The van der Waals surface area contributed by atoms with Gasteiger partial charge in [-0.05, 0) is 38.6 Å². The van der Waals surface area contributed by atoms with Crippen LogP contribution >= 0.6 is 11.6 Å². The van der Waals surface area contributed by atoms with Gasteiger partial charge in [-0.15, -0.1) is 0 Å². The summed E-state index contributed by atoms with van der Waals surface area (Å²) in [6.07, 6.45) is 2.97. The first kappa shape index (κ1) is 15.9. The maximum atomic E-state index is 6.04. The number of nitrogens with zero attached hydrogens (tertiary/aromatic N) is 3. The van der Waals surface area contributed by atoms with Crippen molar-refractivity contribution in [1.29, 1.82) is 0 Å². The summed E-state index contributed by atoms with van der Waals surface area (Å²) in [5.41, 5.74) is 1.10. The normalized spacial score (nSPS) is 11.0. The van der Waals surface area contributed by atoms with Crippen molar-refractivity contribution in [1.82, 2.24) is 14.7 Å². The molecule has 0 radical (unpaired) electrons. The van der Waals surface area contributed by atoms with Crippen LogP contribution in [0, 0.1) is 0 Å². The van der Waals surface area contributed by atoms with E-state index >= 15 is 0 Å². The lowest BCUT2D eigenvalue weighted by Crippen LogP contribution is -2.21. The molecule has 0 aliphatic heterocycles. The number of hydrogen-bond acceptors (Lipinski definition) is 3. The number of hydrogen-bond donors (Lipinski definition) is 0. The topological polar surface area (TPSA) is 30.3 Å². The Morgan fingerprint density at radius 1 is 1.29 bits per heavy atom. The van der Waals surface area contributed by atoms with E-state index in [0.717, 1.165) is 37.5 Å². The van der Waals surface area contributed by atoms with Gasteiger partial charge in [-0.3, -0.25) is 4.68 Å². The van der Waals surface area contributed by atoms with E-state index in [9.17, 15) is 0 Å². The molecule has 0 bridgehead atoms. The number of rotatable bonds is 8. The highest BCUT2D eigenvalue weighted by Gasteiger charge is 2.04. The highest BCUT2D eigenvalue weighted by atomic mass is 35.5. The lowest BCUT2D eigenvalue weighted by molar-refractivity contribution is 0.257. The van der Waals surface area contributed by atoms with Crippen LogP contribution in [-0.4, -0.2) is 34.9 Å². The van der Waals surface area contributed by atoms with E-state index in [1.165, 1.54) is 0 Å². The molecule has 2 rings (SSSR count). The molecule has 0 aliphatic rings. The van der Waals surface area contributed by atoms with E-state index in [4.69, 9.17) is 16.3 Å². The molecule has 0 atom stereocenters. The van der Waals surface area contributed by atoms with Crippen molar-refractivity contribution in [2.75, 3.05) is 20.2 Å². The maximum Gasteiger partial charge on any atom is 0.137 e. The van der Waals surface area contributed by atoms with E-state index in [-0.39, 0.29) is 0 Å². The number of halogens is 1. The standard InChI is InChI=1S/C16H22ClN3O/c1-3-20-11-9-14(18-20)13-19(2)10-6-12-21-16-8-5-4-7-15(16)17/h4-5,7-9,11H,3,6,10,12-13H2,1-2H3. The molecular formula is C16H22ClN3O.